The lowest BCUT2D eigenvalue weighted by Gasteiger charge is -2.14. The molecule has 7 heteroatoms. The topological polar surface area (TPSA) is 92.4 Å². The van der Waals surface area contributed by atoms with Crippen LogP contribution in [0.1, 0.15) is 32.1 Å². The molecular formula is C18H13BN2O4. The van der Waals surface area contributed by atoms with Crippen LogP contribution in [0, 0.1) is 0 Å². The zero-order valence-corrected chi connectivity index (χ0v) is 13.3. The Kier molecular flexibility index (Phi) is 3.42. The summed E-state index contributed by atoms with van der Waals surface area (Å²) in [4.78, 5) is 29.9. The maximum Gasteiger partial charge on any atom is 0.489 e. The van der Waals surface area contributed by atoms with Gasteiger partial charge in [0, 0.05) is 23.7 Å². The van der Waals surface area contributed by atoms with E-state index in [9.17, 15) is 19.6 Å². The molecule has 0 saturated carbocycles. The summed E-state index contributed by atoms with van der Waals surface area (Å²) in [5.74, 6) is -0.245. The van der Waals surface area contributed by atoms with Gasteiger partial charge in [-0.3, -0.25) is 9.59 Å². The summed E-state index contributed by atoms with van der Waals surface area (Å²) < 4.78 is 1.53. The number of hydrogen-bond donors (Lipinski definition) is 2. The summed E-state index contributed by atoms with van der Waals surface area (Å²) in [6.07, 6.45) is 0. The maximum absolute atomic E-state index is 12.8. The van der Waals surface area contributed by atoms with Crippen LogP contribution in [0.15, 0.2) is 48.5 Å². The van der Waals surface area contributed by atoms with Gasteiger partial charge in [-0.15, -0.1) is 0 Å². The van der Waals surface area contributed by atoms with Crippen molar-refractivity contribution in [2.45, 2.75) is 0 Å². The fourth-order valence-electron chi connectivity index (χ4n) is 3.22. The largest absolute Gasteiger partial charge is 0.489 e. The quantitative estimate of drug-likeness (QED) is 0.523. The summed E-state index contributed by atoms with van der Waals surface area (Å²) in [6.45, 7) is 0. The highest BCUT2D eigenvalue weighted by molar-refractivity contribution is 6.60. The molecule has 0 bridgehead atoms. The standard InChI is InChI=1S/C18H13BN2O4/c1-21-15-14(16(22)10-6-2-3-7-11(10)17(15)23)20-18(21)12-8-4-5-9-13(12)19(24)25/h2-9,24-25H,1H3. The van der Waals surface area contributed by atoms with Crippen LogP contribution in [0.3, 0.4) is 0 Å². The summed E-state index contributed by atoms with van der Waals surface area (Å²) in [7, 11) is -0.0469. The van der Waals surface area contributed by atoms with E-state index >= 15 is 0 Å². The van der Waals surface area contributed by atoms with E-state index in [0.717, 1.165) is 0 Å². The molecule has 0 spiro atoms. The van der Waals surface area contributed by atoms with Crippen molar-refractivity contribution in [3.63, 3.8) is 0 Å². The molecule has 4 rings (SSSR count). The molecular weight excluding hydrogens is 319 g/mol. The lowest BCUT2D eigenvalue weighted by molar-refractivity contribution is 0.0971. The van der Waals surface area contributed by atoms with Gasteiger partial charge < -0.3 is 14.6 Å². The van der Waals surface area contributed by atoms with Crippen LogP contribution >= 0.6 is 0 Å². The van der Waals surface area contributed by atoms with Gasteiger partial charge in [0.1, 0.15) is 17.2 Å². The molecule has 0 atom stereocenters. The highest BCUT2D eigenvalue weighted by Crippen LogP contribution is 2.30. The number of rotatable bonds is 2. The van der Waals surface area contributed by atoms with Crippen LogP contribution in [0.5, 0.6) is 0 Å². The lowest BCUT2D eigenvalue weighted by atomic mass is 9.77. The molecule has 1 heterocycles. The minimum Gasteiger partial charge on any atom is -0.423 e. The van der Waals surface area contributed by atoms with Crippen LogP contribution < -0.4 is 5.46 Å². The number of carbonyl (C=O) groups is 2. The van der Waals surface area contributed by atoms with E-state index in [1.807, 2.05) is 0 Å². The van der Waals surface area contributed by atoms with Crippen molar-refractivity contribution in [2.75, 3.05) is 0 Å². The minimum atomic E-state index is -1.69. The molecule has 0 fully saturated rings. The Labute approximate surface area is 143 Å². The molecule has 2 aromatic carbocycles. The minimum absolute atomic E-state index is 0.0865. The van der Waals surface area contributed by atoms with Gasteiger partial charge in [-0.25, -0.2) is 4.98 Å². The molecule has 1 aromatic heterocycles. The predicted molar refractivity (Wildman–Crippen MR) is 91.8 cm³/mol. The van der Waals surface area contributed by atoms with Crippen molar-refractivity contribution in [2.24, 2.45) is 7.05 Å². The second-order valence-corrected chi connectivity index (χ2v) is 5.86. The summed E-state index contributed by atoms with van der Waals surface area (Å²) >= 11 is 0. The highest BCUT2D eigenvalue weighted by atomic mass is 16.4. The van der Waals surface area contributed by atoms with Crippen LogP contribution in [-0.4, -0.2) is 38.3 Å². The maximum atomic E-state index is 12.8. The van der Waals surface area contributed by atoms with Gasteiger partial charge in [-0.2, -0.15) is 0 Å². The van der Waals surface area contributed by atoms with Gasteiger partial charge in [0.25, 0.3) is 0 Å². The molecule has 6 nitrogen and oxygen atoms in total. The second-order valence-electron chi connectivity index (χ2n) is 5.86. The van der Waals surface area contributed by atoms with Crippen LogP contribution in [0.25, 0.3) is 11.4 Å². The number of nitrogens with zero attached hydrogens (tertiary/aromatic N) is 2. The average Bonchev–Trinajstić information content (AvgIpc) is 2.97. The van der Waals surface area contributed by atoms with E-state index < -0.39 is 7.12 Å². The smallest absolute Gasteiger partial charge is 0.423 e. The SMILES string of the molecule is Cn1c(-c2ccccc2B(O)O)nc2c1C(=O)c1ccccc1C2=O. The summed E-state index contributed by atoms with van der Waals surface area (Å²) in [6, 6.07) is 13.3. The van der Waals surface area contributed by atoms with Crippen molar-refractivity contribution < 1.29 is 19.6 Å². The Bertz CT molecular complexity index is 1040. The zero-order valence-electron chi connectivity index (χ0n) is 13.3. The van der Waals surface area contributed by atoms with Gasteiger partial charge in [-0.05, 0) is 5.46 Å². The van der Waals surface area contributed by atoms with E-state index in [1.165, 1.54) is 4.57 Å². The van der Waals surface area contributed by atoms with E-state index in [1.54, 1.807) is 55.6 Å². The molecule has 2 N–H and O–H groups in total. The molecule has 25 heavy (non-hydrogen) atoms. The Morgan fingerprint density at radius 2 is 1.44 bits per heavy atom. The van der Waals surface area contributed by atoms with Crippen LogP contribution in [0.4, 0.5) is 0 Å². The van der Waals surface area contributed by atoms with Crippen LogP contribution in [0.2, 0.25) is 0 Å². The third-order valence-corrected chi connectivity index (χ3v) is 4.42. The summed E-state index contributed by atoms with van der Waals surface area (Å²) in [5, 5.41) is 19.2. The predicted octanol–water partition coefficient (Wildman–Crippen LogP) is 0.542. The van der Waals surface area contributed by atoms with Crippen molar-refractivity contribution in [1.29, 1.82) is 0 Å². The average molecular weight is 332 g/mol. The molecule has 0 aliphatic heterocycles. The number of hydrogen-bond acceptors (Lipinski definition) is 5. The molecule has 0 radical (unpaired) electrons. The number of ketones is 2. The molecule has 0 unspecified atom stereocenters. The van der Waals surface area contributed by atoms with Gasteiger partial charge in [0.15, 0.2) is 0 Å². The Hall–Kier alpha value is -3.03. The summed E-state index contributed by atoms with van der Waals surface area (Å²) in [5.41, 5.74) is 1.69. The monoisotopic (exact) mass is 332 g/mol. The van der Waals surface area contributed by atoms with Crippen LogP contribution in [-0.2, 0) is 7.05 Å². The first-order chi connectivity index (χ1) is 12.0. The highest BCUT2D eigenvalue weighted by Gasteiger charge is 2.35. The van der Waals surface area contributed by atoms with E-state index in [0.29, 0.717) is 22.5 Å². The molecule has 122 valence electrons. The number of aromatic nitrogens is 2. The number of fused-ring (bicyclic) bond motifs is 2. The van der Waals surface area contributed by atoms with Gasteiger partial charge in [-0.1, -0.05) is 48.5 Å². The lowest BCUT2D eigenvalue weighted by Crippen LogP contribution is -2.32. The first kappa shape index (κ1) is 15.5. The normalized spacial score (nSPS) is 12.8. The first-order valence-corrected chi connectivity index (χ1v) is 7.71. The molecule has 1 aliphatic rings. The second kappa shape index (κ2) is 5.51. The van der Waals surface area contributed by atoms with E-state index in [4.69, 9.17) is 0 Å². The molecule has 0 saturated heterocycles. The fraction of sp³-hybridized carbons (Fsp3) is 0.0556. The Balaban J connectivity index is 1.97. The van der Waals surface area contributed by atoms with Crippen molar-refractivity contribution in [3.8, 4) is 11.4 Å². The van der Waals surface area contributed by atoms with Gasteiger partial charge in [0.05, 0.1) is 0 Å². The molecule has 1 aliphatic carbocycles. The van der Waals surface area contributed by atoms with Gasteiger partial charge >= 0.3 is 7.12 Å². The molecule has 3 aromatic rings. The Morgan fingerprint density at radius 1 is 0.880 bits per heavy atom. The van der Waals surface area contributed by atoms with Crippen molar-refractivity contribution >= 4 is 24.1 Å². The number of carbonyl (C=O) groups excluding carboxylic acids is 2. The van der Waals surface area contributed by atoms with Crippen molar-refractivity contribution in [3.05, 3.63) is 71.0 Å². The van der Waals surface area contributed by atoms with Gasteiger partial charge in [0.2, 0.25) is 11.6 Å². The van der Waals surface area contributed by atoms with Crippen molar-refractivity contribution in [1.82, 2.24) is 9.55 Å². The zero-order chi connectivity index (χ0) is 17.7. The third kappa shape index (κ3) is 2.17. The fourth-order valence-corrected chi connectivity index (χ4v) is 3.22. The third-order valence-electron chi connectivity index (χ3n) is 4.42. The number of benzene rings is 2. The Morgan fingerprint density at radius 3 is 2.08 bits per heavy atom. The first-order valence-electron chi connectivity index (χ1n) is 7.71. The molecule has 0 amide bonds. The number of imidazole rings is 1. The van der Waals surface area contributed by atoms with E-state index in [2.05, 4.69) is 4.98 Å². The van der Waals surface area contributed by atoms with E-state index in [-0.39, 0.29) is 28.4 Å².